The second kappa shape index (κ2) is 11.5. The molecular weight excluding hydrogens is 416 g/mol. The van der Waals surface area contributed by atoms with Crippen molar-refractivity contribution in [3.63, 3.8) is 0 Å². The highest BCUT2D eigenvalue weighted by Crippen LogP contribution is 2.37. The molecule has 2 aromatic rings. The van der Waals surface area contributed by atoms with Crippen molar-refractivity contribution in [1.82, 2.24) is 0 Å². The predicted molar refractivity (Wildman–Crippen MR) is 132 cm³/mol. The Labute approximate surface area is 194 Å². The molecule has 0 heterocycles. The topological polar surface area (TPSA) is 55.8 Å². The van der Waals surface area contributed by atoms with Crippen LogP contribution >= 0.6 is 0 Å². The van der Waals surface area contributed by atoms with Crippen LogP contribution in [0.1, 0.15) is 41.5 Å². The zero-order valence-corrected chi connectivity index (χ0v) is 21.1. The summed E-state index contributed by atoms with van der Waals surface area (Å²) in [5.41, 5.74) is 0. The maximum Gasteiger partial charge on any atom is 0.303 e. The van der Waals surface area contributed by atoms with Crippen molar-refractivity contribution in [2.75, 3.05) is 13.2 Å². The Balaban J connectivity index is 2.28. The fourth-order valence-electron chi connectivity index (χ4n) is 4.04. The number of aliphatic hydroxyl groups excluding tert-OH is 1. The molecule has 0 unspecified atom stereocenters. The van der Waals surface area contributed by atoms with E-state index in [0.29, 0.717) is 6.61 Å². The van der Waals surface area contributed by atoms with E-state index < -0.39 is 14.4 Å². The summed E-state index contributed by atoms with van der Waals surface area (Å²) in [6.45, 7) is 12.4. The van der Waals surface area contributed by atoms with Gasteiger partial charge in [0.15, 0.2) is 6.61 Å². The summed E-state index contributed by atoms with van der Waals surface area (Å²) in [5.74, 6) is 5.06. The quantitative estimate of drug-likeness (QED) is 0.376. The summed E-state index contributed by atoms with van der Waals surface area (Å²) >= 11 is 0. The van der Waals surface area contributed by atoms with E-state index in [1.165, 1.54) is 17.3 Å². The molecule has 0 fully saturated rings. The first kappa shape index (κ1) is 25.9. The Morgan fingerprint density at radius 2 is 1.50 bits per heavy atom. The molecule has 0 aromatic heterocycles. The summed E-state index contributed by atoms with van der Waals surface area (Å²) in [5, 5.41) is 13.2. The number of carbonyl (C=O) groups excluding carboxylic acids is 1. The normalized spacial score (nSPS) is 14.6. The van der Waals surface area contributed by atoms with Crippen LogP contribution in [0.25, 0.3) is 0 Å². The second-order valence-corrected chi connectivity index (χ2v) is 13.6. The van der Waals surface area contributed by atoms with E-state index in [1.807, 2.05) is 26.0 Å². The Morgan fingerprint density at radius 3 is 1.94 bits per heavy atom. The van der Waals surface area contributed by atoms with Crippen LogP contribution in [-0.4, -0.2) is 38.7 Å². The zero-order valence-electron chi connectivity index (χ0n) is 20.1. The molecule has 4 nitrogen and oxygen atoms in total. The second-order valence-electron chi connectivity index (χ2n) is 9.33. The van der Waals surface area contributed by atoms with Crippen molar-refractivity contribution in [1.29, 1.82) is 0 Å². The summed E-state index contributed by atoms with van der Waals surface area (Å²) in [6, 6.07) is 21.0. The van der Waals surface area contributed by atoms with Crippen molar-refractivity contribution in [3.8, 4) is 11.8 Å². The number of hydrogen-bond acceptors (Lipinski definition) is 4. The molecule has 3 atom stereocenters. The number of ether oxygens (including phenoxy) is 1. The number of benzene rings is 2. The van der Waals surface area contributed by atoms with Gasteiger partial charge in [0.05, 0.1) is 6.10 Å². The average molecular weight is 453 g/mol. The molecule has 172 valence electrons. The average Bonchev–Trinajstić information content (AvgIpc) is 2.76. The molecule has 32 heavy (non-hydrogen) atoms. The number of rotatable bonds is 8. The minimum absolute atomic E-state index is 0.0410. The molecule has 2 rings (SSSR count). The summed E-state index contributed by atoms with van der Waals surface area (Å²) in [7, 11) is -2.64. The lowest BCUT2D eigenvalue weighted by atomic mass is 9.94. The van der Waals surface area contributed by atoms with Gasteiger partial charge in [0, 0.05) is 25.4 Å². The van der Waals surface area contributed by atoms with E-state index in [-0.39, 0.29) is 29.5 Å². The molecule has 0 spiro atoms. The molecule has 5 heteroatoms. The third kappa shape index (κ3) is 6.32. The highest BCUT2D eigenvalue weighted by molar-refractivity contribution is 6.99. The lowest BCUT2D eigenvalue weighted by Crippen LogP contribution is -2.67. The van der Waals surface area contributed by atoms with Crippen LogP contribution in [0.4, 0.5) is 0 Å². The van der Waals surface area contributed by atoms with Crippen LogP contribution in [0.2, 0.25) is 5.04 Å². The van der Waals surface area contributed by atoms with Crippen LogP contribution in [-0.2, 0) is 14.0 Å². The monoisotopic (exact) mass is 452 g/mol. The third-order valence-electron chi connectivity index (χ3n) is 5.75. The smallest absolute Gasteiger partial charge is 0.303 e. The van der Waals surface area contributed by atoms with Gasteiger partial charge in [-0.1, -0.05) is 100 Å². The molecule has 1 N–H and O–H groups in total. The van der Waals surface area contributed by atoms with Gasteiger partial charge >= 0.3 is 5.97 Å². The zero-order chi connectivity index (χ0) is 23.8. The van der Waals surface area contributed by atoms with Crippen molar-refractivity contribution >= 4 is 24.7 Å². The number of aliphatic hydroxyl groups is 1. The van der Waals surface area contributed by atoms with Crippen LogP contribution in [0.15, 0.2) is 60.7 Å². The Bertz CT molecular complexity index is 870. The van der Waals surface area contributed by atoms with Crippen LogP contribution in [0.5, 0.6) is 0 Å². The van der Waals surface area contributed by atoms with Crippen LogP contribution in [0, 0.1) is 23.7 Å². The van der Waals surface area contributed by atoms with Crippen molar-refractivity contribution in [2.24, 2.45) is 11.8 Å². The highest BCUT2D eigenvalue weighted by Gasteiger charge is 2.50. The van der Waals surface area contributed by atoms with Crippen molar-refractivity contribution in [2.45, 2.75) is 52.7 Å². The molecule has 0 aliphatic heterocycles. The maximum absolute atomic E-state index is 10.9. The van der Waals surface area contributed by atoms with Gasteiger partial charge in [-0.2, -0.15) is 0 Å². The Kier molecular flexibility index (Phi) is 9.27. The van der Waals surface area contributed by atoms with Crippen molar-refractivity contribution < 1.29 is 19.1 Å². The molecule has 0 saturated heterocycles. The maximum atomic E-state index is 10.9. The Morgan fingerprint density at radius 1 is 1.00 bits per heavy atom. The van der Waals surface area contributed by atoms with Gasteiger partial charge in [0.2, 0.25) is 0 Å². The number of carbonyl (C=O) groups is 1. The van der Waals surface area contributed by atoms with E-state index in [9.17, 15) is 9.90 Å². The Hall–Kier alpha value is -2.39. The van der Waals surface area contributed by atoms with Crippen LogP contribution in [0.3, 0.4) is 0 Å². The molecule has 0 aliphatic carbocycles. The molecule has 0 aliphatic rings. The number of esters is 1. The largest absolute Gasteiger partial charge is 0.453 e. The first-order valence-electron chi connectivity index (χ1n) is 11.1. The van der Waals surface area contributed by atoms with Gasteiger partial charge in [-0.05, 0) is 22.3 Å². The van der Waals surface area contributed by atoms with Gasteiger partial charge in [0.25, 0.3) is 8.32 Å². The van der Waals surface area contributed by atoms with Crippen LogP contribution < -0.4 is 10.4 Å². The molecule has 0 saturated carbocycles. The SMILES string of the molecule is CC(=O)OCC#C[C@H](C)[C@H](O)[C@@H](C)CO[Si](c1ccccc1)(c1ccccc1)C(C)(C)C. The first-order valence-corrected chi connectivity index (χ1v) is 13.0. The molecule has 0 amide bonds. The lowest BCUT2D eigenvalue weighted by Gasteiger charge is -2.44. The third-order valence-corrected chi connectivity index (χ3v) is 10.8. The lowest BCUT2D eigenvalue weighted by molar-refractivity contribution is -0.139. The fraction of sp³-hybridized carbons (Fsp3) is 0.444. The van der Waals surface area contributed by atoms with E-state index in [2.05, 4.69) is 81.1 Å². The van der Waals surface area contributed by atoms with Crippen molar-refractivity contribution in [3.05, 3.63) is 60.7 Å². The first-order chi connectivity index (χ1) is 15.1. The summed E-state index contributed by atoms with van der Waals surface area (Å²) in [4.78, 5) is 10.9. The summed E-state index contributed by atoms with van der Waals surface area (Å²) < 4.78 is 11.8. The standard InChI is InChI=1S/C27H36O4Si/c1-21(14-13-19-30-23(3)28)26(29)22(2)20-31-32(27(4,5)6,24-15-9-7-10-16-24)25-17-11-8-12-18-25/h7-12,15-18,21-22,26,29H,19-20H2,1-6H3/t21-,22-,26-/m0/s1. The van der Waals surface area contributed by atoms with Gasteiger partial charge in [-0.3, -0.25) is 4.79 Å². The van der Waals surface area contributed by atoms with E-state index >= 15 is 0 Å². The van der Waals surface area contributed by atoms with Gasteiger partial charge in [-0.15, -0.1) is 0 Å². The molecular formula is C27H36O4Si. The van der Waals surface area contributed by atoms with Gasteiger partial charge < -0.3 is 14.3 Å². The van der Waals surface area contributed by atoms with Gasteiger partial charge in [-0.25, -0.2) is 0 Å². The van der Waals surface area contributed by atoms with E-state index in [0.717, 1.165) is 0 Å². The summed E-state index contributed by atoms with van der Waals surface area (Å²) in [6.07, 6.45) is -0.655. The predicted octanol–water partition coefficient (Wildman–Crippen LogP) is 3.76. The number of hydrogen-bond donors (Lipinski definition) is 1. The highest BCUT2D eigenvalue weighted by atomic mass is 28.4. The van der Waals surface area contributed by atoms with E-state index in [1.54, 1.807) is 0 Å². The minimum Gasteiger partial charge on any atom is -0.453 e. The fourth-order valence-corrected chi connectivity index (χ4v) is 8.70. The molecule has 2 aromatic carbocycles. The minimum atomic E-state index is -2.64. The van der Waals surface area contributed by atoms with E-state index in [4.69, 9.17) is 9.16 Å². The molecule has 0 radical (unpaired) electrons. The molecule has 0 bridgehead atoms. The van der Waals surface area contributed by atoms with Gasteiger partial charge in [0.1, 0.15) is 0 Å².